The minimum atomic E-state index is 0.733. The number of nitrogens with zero attached hydrogens (tertiary/aromatic N) is 2. The molecule has 0 heterocycles. The van der Waals surface area contributed by atoms with E-state index >= 15 is 0 Å². The predicted molar refractivity (Wildman–Crippen MR) is 49.8 cm³/mol. The summed E-state index contributed by atoms with van der Waals surface area (Å²) >= 11 is 0. The highest BCUT2D eigenvalue weighted by Crippen LogP contribution is 1.74. The van der Waals surface area contributed by atoms with Crippen molar-refractivity contribution >= 4 is 0 Å². The Kier molecular flexibility index (Phi) is 12.1. The van der Waals surface area contributed by atoms with E-state index in [-0.39, 0.29) is 0 Å². The van der Waals surface area contributed by atoms with Gasteiger partial charge in [0.15, 0.2) is 0 Å². The number of hydrogen-bond acceptors (Lipinski definition) is 3. The third kappa shape index (κ3) is 40.8. The summed E-state index contributed by atoms with van der Waals surface area (Å²) in [7, 11) is 9.96. The van der Waals surface area contributed by atoms with Crippen LogP contribution in [0.3, 0.4) is 0 Å². The van der Waals surface area contributed by atoms with Gasteiger partial charge in [0.25, 0.3) is 0 Å². The largest absolute Gasteiger partial charge is 0.366 e. The molecule has 0 aliphatic heterocycles. The molecule has 0 fully saturated rings. The van der Waals surface area contributed by atoms with Crippen LogP contribution in [0.1, 0.15) is 6.92 Å². The topological polar surface area (TPSA) is 15.7 Å². The Hall–Kier alpha value is -0.120. The average molecular weight is 162 g/mol. The summed E-state index contributed by atoms with van der Waals surface area (Å²) in [5.74, 6) is 0. The van der Waals surface area contributed by atoms with Gasteiger partial charge in [-0.1, -0.05) is 0 Å². The average Bonchev–Trinajstić information content (AvgIpc) is 1.82. The summed E-state index contributed by atoms with van der Waals surface area (Å²) in [6, 6.07) is 0. The number of ether oxygens (including phenoxy) is 1. The molecule has 0 amide bonds. The molecule has 0 aliphatic rings. The summed E-state index contributed by atoms with van der Waals surface area (Å²) in [4.78, 5) is 3.99. The fourth-order valence-corrected chi connectivity index (χ4v) is 0.274. The molecule has 0 aromatic carbocycles. The van der Waals surface area contributed by atoms with Crippen LogP contribution in [0.15, 0.2) is 0 Å². The standard InChI is InChI=1S/C5H13NO.C3H9N/c1-4-7-5-6(2)3;1-4(2)3/h4-5H2,1-3H3;1-3H3. The molecule has 0 saturated carbocycles. The first kappa shape index (κ1) is 13.5. The van der Waals surface area contributed by atoms with Crippen molar-refractivity contribution in [1.82, 2.24) is 9.80 Å². The quantitative estimate of drug-likeness (QED) is 0.569. The fraction of sp³-hybridized carbons (Fsp3) is 1.00. The van der Waals surface area contributed by atoms with Gasteiger partial charge in [-0.3, -0.25) is 4.90 Å². The van der Waals surface area contributed by atoms with Crippen molar-refractivity contribution in [2.75, 3.05) is 48.6 Å². The lowest BCUT2D eigenvalue weighted by Gasteiger charge is -2.07. The van der Waals surface area contributed by atoms with Crippen LogP contribution in [0.2, 0.25) is 0 Å². The molecule has 0 bridgehead atoms. The van der Waals surface area contributed by atoms with Gasteiger partial charge in [-0.25, -0.2) is 0 Å². The molecule has 0 aromatic rings. The van der Waals surface area contributed by atoms with E-state index in [2.05, 4.69) is 0 Å². The van der Waals surface area contributed by atoms with E-state index in [1.54, 1.807) is 0 Å². The third-order valence-electron chi connectivity index (χ3n) is 0.554. The van der Waals surface area contributed by atoms with Gasteiger partial charge in [0.05, 0.1) is 6.73 Å². The maximum atomic E-state index is 5.02. The van der Waals surface area contributed by atoms with Gasteiger partial charge in [0.2, 0.25) is 0 Å². The summed E-state index contributed by atoms with van der Waals surface area (Å²) in [6.07, 6.45) is 0. The first-order valence-corrected chi connectivity index (χ1v) is 3.84. The Balaban J connectivity index is 0. The van der Waals surface area contributed by atoms with Crippen LogP contribution in [0.25, 0.3) is 0 Å². The molecule has 3 nitrogen and oxygen atoms in total. The molecule has 0 saturated heterocycles. The van der Waals surface area contributed by atoms with E-state index in [0.717, 1.165) is 13.3 Å². The SMILES string of the molecule is CCOCN(C)C.CN(C)C. The third-order valence-corrected chi connectivity index (χ3v) is 0.554. The fourth-order valence-electron chi connectivity index (χ4n) is 0.274. The number of rotatable bonds is 3. The van der Waals surface area contributed by atoms with Gasteiger partial charge in [-0.2, -0.15) is 0 Å². The van der Waals surface area contributed by atoms with Gasteiger partial charge in [-0.05, 0) is 42.2 Å². The van der Waals surface area contributed by atoms with Crippen molar-refractivity contribution in [3.8, 4) is 0 Å². The van der Waals surface area contributed by atoms with Crippen molar-refractivity contribution in [2.24, 2.45) is 0 Å². The van der Waals surface area contributed by atoms with E-state index in [1.165, 1.54) is 0 Å². The normalized spacial score (nSPS) is 9.82. The summed E-state index contributed by atoms with van der Waals surface area (Å²) in [6.45, 7) is 3.53. The van der Waals surface area contributed by atoms with Crippen molar-refractivity contribution < 1.29 is 4.74 Å². The lowest BCUT2D eigenvalue weighted by atomic mass is 10.8. The number of hydrogen-bond donors (Lipinski definition) is 0. The zero-order valence-electron chi connectivity index (χ0n) is 8.72. The molecular weight excluding hydrogens is 140 g/mol. The Morgan fingerprint density at radius 2 is 1.36 bits per heavy atom. The van der Waals surface area contributed by atoms with Gasteiger partial charge >= 0.3 is 0 Å². The Labute approximate surface area is 70.9 Å². The van der Waals surface area contributed by atoms with Crippen LogP contribution >= 0.6 is 0 Å². The van der Waals surface area contributed by atoms with Crippen molar-refractivity contribution in [1.29, 1.82) is 0 Å². The highest BCUT2D eigenvalue weighted by Gasteiger charge is 1.82. The molecule has 3 heteroatoms. The van der Waals surface area contributed by atoms with Crippen molar-refractivity contribution in [2.45, 2.75) is 6.92 Å². The van der Waals surface area contributed by atoms with Gasteiger partial charge in [0.1, 0.15) is 0 Å². The van der Waals surface area contributed by atoms with E-state index in [0.29, 0.717) is 0 Å². The maximum Gasteiger partial charge on any atom is 0.0985 e. The predicted octanol–water partition coefficient (Wildman–Crippen LogP) is 0.720. The molecular formula is C8H22N2O. The van der Waals surface area contributed by atoms with E-state index < -0.39 is 0 Å². The highest BCUT2D eigenvalue weighted by atomic mass is 16.5. The zero-order chi connectivity index (χ0) is 9.28. The molecule has 0 radical (unpaired) electrons. The minimum Gasteiger partial charge on any atom is -0.366 e. The molecule has 0 aliphatic carbocycles. The lowest BCUT2D eigenvalue weighted by molar-refractivity contribution is 0.0650. The van der Waals surface area contributed by atoms with Crippen LogP contribution in [0.5, 0.6) is 0 Å². The Bertz CT molecular complexity index is 62.4. The summed E-state index contributed by atoms with van der Waals surface area (Å²) in [5.41, 5.74) is 0. The molecule has 0 aromatic heterocycles. The van der Waals surface area contributed by atoms with Crippen molar-refractivity contribution in [3.63, 3.8) is 0 Å². The second-order valence-electron chi connectivity index (χ2n) is 3.04. The van der Waals surface area contributed by atoms with E-state index in [4.69, 9.17) is 4.74 Å². The second-order valence-corrected chi connectivity index (χ2v) is 3.04. The molecule has 0 unspecified atom stereocenters. The summed E-state index contributed by atoms with van der Waals surface area (Å²) in [5, 5.41) is 0. The van der Waals surface area contributed by atoms with Gasteiger partial charge in [0, 0.05) is 6.61 Å². The van der Waals surface area contributed by atoms with Crippen LogP contribution in [-0.4, -0.2) is 58.4 Å². The second kappa shape index (κ2) is 9.88. The minimum absolute atomic E-state index is 0.733. The Morgan fingerprint density at radius 1 is 1.00 bits per heavy atom. The monoisotopic (exact) mass is 162 g/mol. The summed E-state index contributed by atoms with van der Waals surface area (Å²) < 4.78 is 5.02. The van der Waals surface area contributed by atoms with E-state index in [1.807, 2.05) is 52.0 Å². The molecule has 11 heavy (non-hydrogen) atoms. The molecule has 70 valence electrons. The Morgan fingerprint density at radius 3 is 1.45 bits per heavy atom. The van der Waals surface area contributed by atoms with E-state index in [9.17, 15) is 0 Å². The molecule has 0 spiro atoms. The maximum absolute atomic E-state index is 5.02. The smallest absolute Gasteiger partial charge is 0.0985 e. The van der Waals surface area contributed by atoms with Gasteiger partial charge in [-0.15, -0.1) is 0 Å². The molecule has 0 N–H and O–H groups in total. The van der Waals surface area contributed by atoms with Crippen LogP contribution in [0.4, 0.5) is 0 Å². The van der Waals surface area contributed by atoms with Gasteiger partial charge < -0.3 is 9.64 Å². The molecule has 0 atom stereocenters. The van der Waals surface area contributed by atoms with Crippen LogP contribution in [-0.2, 0) is 4.74 Å². The lowest BCUT2D eigenvalue weighted by Crippen LogP contribution is -2.15. The first-order chi connectivity index (χ1) is 5.00. The van der Waals surface area contributed by atoms with Crippen LogP contribution in [0, 0.1) is 0 Å². The first-order valence-electron chi connectivity index (χ1n) is 3.84. The van der Waals surface area contributed by atoms with Crippen LogP contribution < -0.4 is 0 Å². The highest BCUT2D eigenvalue weighted by molar-refractivity contribution is 4.23. The van der Waals surface area contributed by atoms with Crippen molar-refractivity contribution in [3.05, 3.63) is 0 Å². The molecule has 0 rings (SSSR count). The zero-order valence-corrected chi connectivity index (χ0v) is 8.72.